The average molecular weight is 255 g/mol. The molecule has 0 aliphatic carbocycles. The lowest BCUT2D eigenvalue weighted by atomic mass is 10.0. The van der Waals surface area contributed by atoms with Crippen LogP contribution >= 0.6 is 0 Å². The van der Waals surface area contributed by atoms with Gasteiger partial charge in [-0.05, 0) is 43.5 Å². The highest BCUT2D eigenvalue weighted by Gasteiger charge is 2.17. The van der Waals surface area contributed by atoms with Crippen LogP contribution in [0.25, 0.3) is 0 Å². The van der Waals surface area contributed by atoms with E-state index in [9.17, 15) is 0 Å². The molecule has 0 spiro atoms. The zero-order valence-corrected chi connectivity index (χ0v) is 11.8. The van der Waals surface area contributed by atoms with Crippen molar-refractivity contribution in [3.05, 3.63) is 65.2 Å². The van der Waals surface area contributed by atoms with E-state index in [0.717, 1.165) is 11.3 Å². The van der Waals surface area contributed by atoms with E-state index < -0.39 is 0 Å². The minimum atomic E-state index is -0.124. The number of aryl methyl sites for hydroxylation is 1. The largest absolute Gasteiger partial charge is 0.488 e. The normalized spacial score (nSPS) is 13.9. The molecule has 2 aromatic rings. The Kier molecular flexibility index (Phi) is 4.23. The first-order valence-electron chi connectivity index (χ1n) is 6.63. The van der Waals surface area contributed by atoms with Crippen LogP contribution in [0.3, 0.4) is 0 Å². The van der Waals surface area contributed by atoms with E-state index in [1.54, 1.807) is 0 Å². The van der Waals surface area contributed by atoms with Crippen LogP contribution in [-0.4, -0.2) is 6.10 Å². The highest BCUT2D eigenvalue weighted by molar-refractivity contribution is 5.38. The van der Waals surface area contributed by atoms with Gasteiger partial charge in [0.15, 0.2) is 0 Å². The molecular weight excluding hydrogens is 234 g/mol. The van der Waals surface area contributed by atoms with Gasteiger partial charge < -0.3 is 10.5 Å². The summed E-state index contributed by atoms with van der Waals surface area (Å²) in [5.74, 6) is 0.916. The smallest absolute Gasteiger partial charge is 0.122 e. The first-order chi connectivity index (χ1) is 9.09. The Morgan fingerprint density at radius 1 is 0.947 bits per heavy atom. The summed E-state index contributed by atoms with van der Waals surface area (Å²) in [6.07, 6.45) is -0.0668. The van der Waals surface area contributed by atoms with Gasteiger partial charge in [0.05, 0.1) is 6.04 Å². The van der Waals surface area contributed by atoms with Gasteiger partial charge in [-0.25, -0.2) is 0 Å². The highest BCUT2D eigenvalue weighted by atomic mass is 16.5. The summed E-state index contributed by atoms with van der Waals surface area (Å²) in [4.78, 5) is 0. The fraction of sp³-hybridized carbons (Fsp3) is 0.294. The molecule has 100 valence electrons. The molecule has 2 rings (SSSR count). The maximum absolute atomic E-state index is 6.25. The van der Waals surface area contributed by atoms with Gasteiger partial charge in [0.25, 0.3) is 0 Å². The monoisotopic (exact) mass is 255 g/mol. The first-order valence-corrected chi connectivity index (χ1v) is 6.63. The predicted molar refractivity (Wildman–Crippen MR) is 79.4 cm³/mol. The summed E-state index contributed by atoms with van der Waals surface area (Å²) in [5.41, 5.74) is 9.76. The molecule has 0 saturated heterocycles. The van der Waals surface area contributed by atoms with Crippen LogP contribution in [0, 0.1) is 13.8 Å². The molecule has 0 fully saturated rings. The third-order valence-corrected chi connectivity index (χ3v) is 3.56. The van der Waals surface area contributed by atoms with Crippen LogP contribution in [0.2, 0.25) is 0 Å². The standard InChI is InChI=1S/C17H21NO/c1-12-8-7-11-16(13(12)2)19-14(3)17(18)15-9-5-4-6-10-15/h4-11,14,17H,18H2,1-3H3. The zero-order chi connectivity index (χ0) is 13.8. The molecule has 2 heteroatoms. The van der Waals surface area contributed by atoms with Gasteiger partial charge >= 0.3 is 0 Å². The molecule has 2 unspecified atom stereocenters. The number of hydrogen-bond acceptors (Lipinski definition) is 2. The summed E-state index contributed by atoms with van der Waals surface area (Å²) in [6, 6.07) is 16.0. The van der Waals surface area contributed by atoms with Gasteiger partial charge in [0, 0.05) is 0 Å². The maximum Gasteiger partial charge on any atom is 0.122 e. The molecule has 0 aromatic heterocycles. The van der Waals surface area contributed by atoms with E-state index in [4.69, 9.17) is 10.5 Å². The molecule has 0 amide bonds. The van der Waals surface area contributed by atoms with Gasteiger partial charge in [0.1, 0.15) is 11.9 Å². The lowest BCUT2D eigenvalue weighted by Gasteiger charge is -2.23. The molecular formula is C17H21NO. The van der Waals surface area contributed by atoms with Crippen molar-refractivity contribution in [3.63, 3.8) is 0 Å². The number of benzene rings is 2. The Bertz CT molecular complexity index is 536. The van der Waals surface area contributed by atoms with E-state index >= 15 is 0 Å². The second-order valence-electron chi connectivity index (χ2n) is 4.96. The van der Waals surface area contributed by atoms with Gasteiger partial charge in [-0.3, -0.25) is 0 Å². The van der Waals surface area contributed by atoms with Crippen molar-refractivity contribution in [2.45, 2.75) is 32.9 Å². The third-order valence-electron chi connectivity index (χ3n) is 3.56. The number of rotatable bonds is 4. The van der Waals surface area contributed by atoms with Crippen molar-refractivity contribution in [1.82, 2.24) is 0 Å². The Labute approximate surface area is 115 Å². The van der Waals surface area contributed by atoms with Crippen LogP contribution in [0.15, 0.2) is 48.5 Å². The van der Waals surface area contributed by atoms with E-state index in [-0.39, 0.29) is 12.1 Å². The summed E-state index contributed by atoms with van der Waals surface area (Å²) >= 11 is 0. The van der Waals surface area contributed by atoms with Gasteiger partial charge in [-0.15, -0.1) is 0 Å². The van der Waals surface area contributed by atoms with Crippen LogP contribution in [-0.2, 0) is 0 Å². The first kappa shape index (κ1) is 13.6. The average Bonchev–Trinajstić information content (AvgIpc) is 2.44. The summed E-state index contributed by atoms with van der Waals surface area (Å²) < 4.78 is 6.02. The van der Waals surface area contributed by atoms with Gasteiger partial charge in [-0.2, -0.15) is 0 Å². The molecule has 19 heavy (non-hydrogen) atoms. The lowest BCUT2D eigenvalue weighted by Crippen LogP contribution is -2.28. The minimum absolute atomic E-state index is 0.0668. The van der Waals surface area contributed by atoms with E-state index in [1.165, 1.54) is 11.1 Å². The third kappa shape index (κ3) is 3.15. The number of ether oxygens (including phenoxy) is 1. The van der Waals surface area contributed by atoms with Gasteiger partial charge in [-0.1, -0.05) is 42.5 Å². The molecule has 0 radical (unpaired) electrons. The number of hydrogen-bond donors (Lipinski definition) is 1. The van der Waals surface area contributed by atoms with Crippen LogP contribution < -0.4 is 10.5 Å². The molecule has 0 aliphatic heterocycles. The van der Waals surface area contributed by atoms with Crippen molar-refractivity contribution >= 4 is 0 Å². The SMILES string of the molecule is Cc1cccc(OC(C)C(N)c2ccccc2)c1C. The zero-order valence-electron chi connectivity index (χ0n) is 11.8. The Morgan fingerprint density at radius 3 is 2.32 bits per heavy atom. The minimum Gasteiger partial charge on any atom is -0.488 e. The fourth-order valence-corrected chi connectivity index (χ4v) is 2.07. The van der Waals surface area contributed by atoms with E-state index in [1.807, 2.05) is 49.4 Å². The van der Waals surface area contributed by atoms with Gasteiger partial charge in [0.2, 0.25) is 0 Å². The topological polar surface area (TPSA) is 35.2 Å². The Morgan fingerprint density at radius 2 is 1.63 bits per heavy atom. The maximum atomic E-state index is 6.25. The molecule has 0 aliphatic rings. The number of nitrogens with two attached hydrogens (primary N) is 1. The molecule has 2 aromatic carbocycles. The lowest BCUT2D eigenvalue weighted by molar-refractivity contribution is 0.189. The van der Waals surface area contributed by atoms with Crippen molar-refractivity contribution in [3.8, 4) is 5.75 Å². The van der Waals surface area contributed by atoms with Crippen molar-refractivity contribution in [2.75, 3.05) is 0 Å². The molecule has 0 bridgehead atoms. The molecule has 2 N–H and O–H groups in total. The fourth-order valence-electron chi connectivity index (χ4n) is 2.07. The molecule has 2 nitrogen and oxygen atoms in total. The molecule has 2 atom stereocenters. The second kappa shape index (κ2) is 5.89. The van der Waals surface area contributed by atoms with E-state index in [0.29, 0.717) is 0 Å². The summed E-state index contributed by atoms with van der Waals surface area (Å²) in [5, 5.41) is 0. The summed E-state index contributed by atoms with van der Waals surface area (Å²) in [7, 11) is 0. The van der Waals surface area contributed by atoms with Crippen LogP contribution in [0.4, 0.5) is 0 Å². The van der Waals surface area contributed by atoms with Crippen LogP contribution in [0.5, 0.6) is 5.75 Å². The van der Waals surface area contributed by atoms with Crippen molar-refractivity contribution in [1.29, 1.82) is 0 Å². The van der Waals surface area contributed by atoms with Crippen LogP contribution in [0.1, 0.15) is 29.7 Å². The Balaban J connectivity index is 2.13. The predicted octanol–water partition coefficient (Wildman–Crippen LogP) is 3.77. The molecule has 0 heterocycles. The van der Waals surface area contributed by atoms with E-state index in [2.05, 4.69) is 19.9 Å². The Hall–Kier alpha value is -1.80. The summed E-state index contributed by atoms with van der Waals surface area (Å²) in [6.45, 7) is 6.18. The van der Waals surface area contributed by atoms with Crippen molar-refractivity contribution < 1.29 is 4.74 Å². The van der Waals surface area contributed by atoms with Crippen molar-refractivity contribution in [2.24, 2.45) is 5.73 Å². The highest BCUT2D eigenvalue weighted by Crippen LogP contribution is 2.25. The second-order valence-corrected chi connectivity index (χ2v) is 4.96. The quantitative estimate of drug-likeness (QED) is 0.902. The molecule has 0 saturated carbocycles.